The first-order chi connectivity index (χ1) is 11.5. The Morgan fingerprint density at radius 3 is 2.67 bits per heavy atom. The smallest absolute Gasteiger partial charge is 0.244 e. The average molecular weight is 328 g/mol. The second-order valence-electron chi connectivity index (χ2n) is 6.56. The zero-order chi connectivity index (χ0) is 17.2. The normalized spacial score (nSPS) is 16.8. The number of hydrogen-bond acceptors (Lipinski definition) is 3. The maximum atomic E-state index is 12.6. The van der Waals surface area contributed by atoms with Crippen molar-refractivity contribution in [2.75, 3.05) is 12.4 Å². The summed E-state index contributed by atoms with van der Waals surface area (Å²) in [5, 5.41) is 6.59. The number of amides is 2. The Morgan fingerprint density at radius 2 is 1.96 bits per heavy atom. The van der Waals surface area contributed by atoms with Crippen LogP contribution in [0.15, 0.2) is 30.5 Å². The number of benzene rings is 1. The van der Waals surface area contributed by atoms with Gasteiger partial charge in [0, 0.05) is 18.9 Å². The zero-order valence-corrected chi connectivity index (χ0v) is 14.0. The Kier molecular flexibility index (Phi) is 4.57. The molecule has 1 aromatic heterocycles. The summed E-state index contributed by atoms with van der Waals surface area (Å²) in [5.74, 6) is -0.184. The van der Waals surface area contributed by atoms with Crippen LogP contribution in [0.2, 0.25) is 0 Å². The number of rotatable bonds is 4. The Bertz CT molecular complexity index is 759. The van der Waals surface area contributed by atoms with Crippen LogP contribution in [0.4, 0.5) is 5.69 Å². The summed E-state index contributed by atoms with van der Waals surface area (Å²) < 4.78 is 1.86. The quantitative estimate of drug-likeness (QED) is 0.802. The molecular weight excluding hydrogens is 304 g/mol. The standard InChI is InChI=1S/C18H24N4O2/c1-20-16(23)12-22-10-7-13-5-6-14(11-15(13)22)21-17(24)18(19)8-3-2-4-9-18/h5-7,10-11H,2-4,8-9,12,19H2,1H3,(H,20,23)(H,21,24). The maximum Gasteiger partial charge on any atom is 0.244 e. The van der Waals surface area contributed by atoms with Gasteiger partial charge in [-0.05, 0) is 36.4 Å². The molecule has 1 fully saturated rings. The fourth-order valence-electron chi connectivity index (χ4n) is 3.30. The van der Waals surface area contributed by atoms with E-state index in [-0.39, 0.29) is 18.4 Å². The van der Waals surface area contributed by atoms with E-state index < -0.39 is 5.54 Å². The molecule has 6 heteroatoms. The summed E-state index contributed by atoms with van der Waals surface area (Å²) in [6.45, 7) is 0.248. The Hall–Kier alpha value is -2.34. The second-order valence-corrected chi connectivity index (χ2v) is 6.56. The molecule has 0 radical (unpaired) electrons. The van der Waals surface area contributed by atoms with E-state index in [0.29, 0.717) is 5.69 Å². The lowest BCUT2D eigenvalue weighted by Crippen LogP contribution is -2.52. The minimum atomic E-state index is -0.767. The van der Waals surface area contributed by atoms with Crippen molar-refractivity contribution in [1.29, 1.82) is 0 Å². The van der Waals surface area contributed by atoms with Gasteiger partial charge in [-0.25, -0.2) is 0 Å². The van der Waals surface area contributed by atoms with Gasteiger partial charge in [0.1, 0.15) is 6.54 Å². The van der Waals surface area contributed by atoms with Gasteiger partial charge in [-0.15, -0.1) is 0 Å². The largest absolute Gasteiger partial charge is 0.358 e. The predicted octanol–water partition coefficient (Wildman–Crippen LogP) is 1.99. The summed E-state index contributed by atoms with van der Waals surface area (Å²) in [6.07, 6.45) is 6.47. The van der Waals surface area contributed by atoms with E-state index in [9.17, 15) is 9.59 Å². The number of carbonyl (C=O) groups is 2. The fraction of sp³-hybridized carbons (Fsp3) is 0.444. The molecule has 1 aliphatic rings. The minimum absolute atomic E-state index is 0.0648. The number of nitrogens with one attached hydrogen (secondary N) is 2. The summed E-state index contributed by atoms with van der Waals surface area (Å²) in [7, 11) is 1.62. The Labute approximate surface area is 141 Å². The molecule has 0 aliphatic heterocycles. The minimum Gasteiger partial charge on any atom is -0.358 e. The van der Waals surface area contributed by atoms with Crippen LogP contribution in [0.1, 0.15) is 32.1 Å². The Morgan fingerprint density at radius 1 is 1.21 bits per heavy atom. The van der Waals surface area contributed by atoms with Crippen LogP contribution in [-0.4, -0.2) is 29.0 Å². The highest BCUT2D eigenvalue weighted by Crippen LogP contribution is 2.28. The number of hydrogen-bond donors (Lipinski definition) is 3. The van der Waals surface area contributed by atoms with Gasteiger partial charge in [0.05, 0.1) is 11.1 Å². The van der Waals surface area contributed by atoms with E-state index in [1.54, 1.807) is 7.05 Å². The van der Waals surface area contributed by atoms with Gasteiger partial charge in [0.2, 0.25) is 11.8 Å². The number of aromatic nitrogens is 1. The van der Waals surface area contributed by atoms with Crippen LogP contribution >= 0.6 is 0 Å². The monoisotopic (exact) mass is 328 g/mol. The van der Waals surface area contributed by atoms with E-state index in [4.69, 9.17) is 5.73 Å². The average Bonchev–Trinajstić information content (AvgIpc) is 2.97. The van der Waals surface area contributed by atoms with Gasteiger partial charge in [-0.1, -0.05) is 25.3 Å². The molecule has 0 unspecified atom stereocenters. The molecule has 1 heterocycles. The third-order valence-corrected chi connectivity index (χ3v) is 4.82. The second kappa shape index (κ2) is 6.65. The summed E-state index contributed by atoms with van der Waals surface area (Å²) in [6, 6.07) is 7.66. The number of nitrogens with two attached hydrogens (primary N) is 1. The SMILES string of the molecule is CNC(=O)Cn1ccc2ccc(NC(=O)C3(N)CCCCC3)cc21. The lowest BCUT2D eigenvalue weighted by molar-refractivity contribution is -0.122. The van der Waals surface area contributed by atoms with Crippen LogP contribution in [0.5, 0.6) is 0 Å². The molecule has 4 N–H and O–H groups in total. The number of anilines is 1. The summed E-state index contributed by atoms with van der Waals surface area (Å²) in [4.78, 5) is 24.2. The molecule has 1 aliphatic carbocycles. The van der Waals surface area contributed by atoms with Crippen LogP contribution in [0.3, 0.4) is 0 Å². The molecule has 0 spiro atoms. The molecule has 2 aromatic rings. The first-order valence-electron chi connectivity index (χ1n) is 8.42. The van der Waals surface area contributed by atoms with E-state index in [0.717, 1.165) is 43.0 Å². The first-order valence-corrected chi connectivity index (χ1v) is 8.42. The van der Waals surface area contributed by atoms with Crippen molar-refractivity contribution < 1.29 is 9.59 Å². The van der Waals surface area contributed by atoms with Gasteiger partial charge in [-0.3, -0.25) is 9.59 Å². The molecule has 1 saturated carbocycles. The highest BCUT2D eigenvalue weighted by Gasteiger charge is 2.35. The summed E-state index contributed by atoms with van der Waals surface area (Å²) >= 11 is 0. The highest BCUT2D eigenvalue weighted by molar-refractivity contribution is 5.99. The Balaban J connectivity index is 1.81. The van der Waals surface area contributed by atoms with Gasteiger partial charge >= 0.3 is 0 Å². The molecule has 0 bridgehead atoms. The molecule has 3 rings (SSSR count). The third-order valence-electron chi connectivity index (χ3n) is 4.82. The molecule has 24 heavy (non-hydrogen) atoms. The van der Waals surface area contributed by atoms with Crippen molar-refractivity contribution in [3.63, 3.8) is 0 Å². The van der Waals surface area contributed by atoms with E-state index >= 15 is 0 Å². The fourth-order valence-corrected chi connectivity index (χ4v) is 3.30. The summed E-state index contributed by atoms with van der Waals surface area (Å²) in [5.41, 5.74) is 7.14. The predicted molar refractivity (Wildman–Crippen MR) is 94.6 cm³/mol. The molecule has 128 valence electrons. The maximum absolute atomic E-state index is 12.6. The van der Waals surface area contributed by atoms with Gasteiger partial charge in [0.15, 0.2) is 0 Å². The van der Waals surface area contributed by atoms with E-state index in [1.807, 2.05) is 35.0 Å². The molecule has 6 nitrogen and oxygen atoms in total. The topological polar surface area (TPSA) is 89.2 Å². The lowest BCUT2D eigenvalue weighted by atomic mass is 9.82. The van der Waals surface area contributed by atoms with Crippen LogP contribution in [0.25, 0.3) is 10.9 Å². The molecule has 1 aromatic carbocycles. The van der Waals surface area contributed by atoms with Crippen LogP contribution in [0, 0.1) is 0 Å². The van der Waals surface area contributed by atoms with Crippen molar-refractivity contribution in [3.8, 4) is 0 Å². The van der Waals surface area contributed by atoms with Gasteiger partial charge in [-0.2, -0.15) is 0 Å². The van der Waals surface area contributed by atoms with Crippen molar-refractivity contribution in [1.82, 2.24) is 9.88 Å². The van der Waals surface area contributed by atoms with Crippen LogP contribution < -0.4 is 16.4 Å². The van der Waals surface area contributed by atoms with E-state index in [2.05, 4.69) is 10.6 Å². The molecule has 0 atom stereocenters. The number of fused-ring (bicyclic) bond motifs is 1. The van der Waals surface area contributed by atoms with Crippen LogP contribution in [-0.2, 0) is 16.1 Å². The van der Waals surface area contributed by atoms with Crippen molar-refractivity contribution >= 4 is 28.4 Å². The van der Waals surface area contributed by atoms with Crippen molar-refractivity contribution in [3.05, 3.63) is 30.5 Å². The molecular formula is C18H24N4O2. The third kappa shape index (κ3) is 3.28. The van der Waals surface area contributed by atoms with Crippen molar-refractivity contribution in [2.24, 2.45) is 5.73 Å². The molecule has 0 saturated heterocycles. The van der Waals surface area contributed by atoms with E-state index in [1.165, 1.54) is 0 Å². The zero-order valence-electron chi connectivity index (χ0n) is 14.0. The highest BCUT2D eigenvalue weighted by atomic mass is 16.2. The number of nitrogens with zero attached hydrogens (tertiary/aromatic N) is 1. The van der Waals surface area contributed by atoms with Gasteiger partial charge in [0.25, 0.3) is 0 Å². The lowest BCUT2D eigenvalue weighted by Gasteiger charge is -2.31. The van der Waals surface area contributed by atoms with Gasteiger partial charge < -0.3 is 20.9 Å². The number of carbonyl (C=O) groups excluding carboxylic acids is 2. The number of likely N-dealkylation sites (N-methyl/N-ethyl adjacent to an activating group) is 1. The molecule has 2 amide bonds. The van der Waals surface area contributed by atoms with Crippen molar-refractivity contribution in [2.45, 2.75) is 44.2 Å². The first kappa shape index (κ1) is 16.5.